The number of aromatic nitrogens is 1. The fourth-order valence-electron chi connectivity index (χ4n) is 2.30. The summed E-state index contributed by atoms with van der Waals surface area (Å²) >= 11 is 0. The van der Waals surface area contributed by atoms with Crippen LogP contribution >= 0.6 is 0 Å². The van der Waals surface area contributed by atoms with Crippen LogP contribution in [0.5, 0.6) is 0 Å². The summed E-state index contributed by atoms with van der Waals surface area (Å²) in [6, 6.07) is 1.34. The van der Waals surface area contributed by atoms with E-state index in [2.05, 4.69) is 5.92 Å². The molecule has 1 heterocycles. The van der Waals surface area contributed by atoms with Gasteiger partial charge in [0, 0.05) is 19.2 Å². The molecule has 0 spiro atoms. The third-order valence-corrected chi connectivity index (χ3v) is 3.52. The Morgan fingerprint density at radius 1 is 1.62 bits per heavy atom. The number of carbonyl (C=O) groups excluding carboxylic acids is 1. The van der Waals surface area contributed by atoms with Crippen LogP contribution in [-0.4, -0.2) is 33.4 Å². The van der Waals surface area contributed by atoms with Crippen LogP contribution in [0.15, 0.2) is 12.3 Å². The SMILES string of the molecule is C#CCN(CC1CC1)C(=O)c1cc([N+](=O)[O-])cn1CCC. The molecule has 6 heteroatoms. The number of aryl methyl sites for hydroxylation is 1. The second-order valence-corrected chi connectivity index (χ2v) is 5.37. The monoisotopic (exact) mass is 289 g/mol. The summed E-state index contributed by atoms with van der Waals surface area (Å²) in [5, 5.41) is 10.9. The molecule has 0 aromatic carbocycles. The average Bonchev–Trinajstić information content (AvgIpc) is 3.16. The zero-order chi connectivity index (χ0) is 15.4. The molecule has 0 atom stereocenters. The van der Waals surface area contributed by atoms with Crippen LogP contribution < -0.4 is 0 Å². The van der Waals surface area contributed by atoms with Gasteiger partial charge in [0.1, 0.15) is 5.69 Å². The zero-order valence-corrected chi connectivity index (χ0v) is 12.1. The Morgan fingerprint density at radius 2 is 2.33 bits per heavy atom. The van der Waals surface area contributed by atoms with Crippen LogP contribution in [0.3, 0.4) is 0 Å². The van der Waals surface area contributed by atoms with Gasteiger partial charge in [0.2, 0.25) is 0 Å². The summed E-state index contributed by atoms with van der Waals surface area (Å²) in [5.74, 6) is 2.79. The first-order valence-electron chi connectivity index (χ1n) is 7.14. The number of hydrogen-bond donors (Lipinski definition) is 0. The molecule has 21 heavy (non-hydrogen) atoms. The maximum Gasteiger partial charge on any atom is 0.287 e. The molecule has 0 aliphatic heterocycles. The average molecular weight is 289 g/mol. The van der Waals surface area contributed by atoms with Crippen molar-refractivity contribution in [1.82, 2.24) is 9.47 Å². The standard InChI is InChI=1S/C15H19N3O3/c1-3-7-16-11-13(18(20)21)9-14(16)15(19)17(8-4-2)10-12-5-6-12/h2,9,11-12H,3,5-8,10H2,1H3. The molecule has 1 fully saturated rings. The highest BCUT2D eigenvalue weighted by Gasteiger charge is 2.29. The molecule has 1 saturated carbocycles. The fourth-order valence-corrected chi connectivity index (χ4v) is 2.30. The minimum Gasteiger partial charge on any atom is -0.337 e. The van der Waals surface area contributed by atoms with Gasteiger partial charge in [-0.25, -0.2) is 0 Å². The van der Waals surface area contributed by atoms with Crippen molar-refractivity contribution in [3.8, 4) is 12.3 Å². The quantitative estimate of drug-likeness (QED) is 0.439. The predicted octanol–water partition coefficient (Wildman–Crippen LogP) is 2.29. The third-order valence-electron chi connectivity index (χ3n) is 3.52. The Kier molecular flexibility index (Phi) is 4.63. The number of terminal acetylenes is 1. The molecule has 6 nitrogen and oxygen atoms in total. The van der Waals surface area contributed by atoms with E-state index >= 15 is 0 Å². The molecular formula is C15H19N3O3. The number of nitro groups is 1. The minimum absolute atomic E-state index is 0.0566. The summed E-state index contributed by atoms with van der Waals surface area (Å²) in [4.78, 5) is 24.7. The van der Waals surface area contributed by atoms with E-state index in [1.165, 1.54) is 12.3 Å². The van der Waals surface area contributed by atoms with E-state index in [4.69, 9.17) is 6.42 Å². The van der Waals surface area contributed by atoms with Gasteiger partial charge in [0.05, 0.1) is 17.7 Å². The van der Waals surface area contributed by atoms with Gasteiger partial charge in [-0.05, 0) is 25.2 Å². The van der Waals surface area contributed by atoms with Crippen molar-refractivity contribution in [2.24, 2.45) is 5.92 Å². The molecule has 1 aliphatic carbocycles. The molecule has 2 rings (SSSR count). The highest BCUT2D eigenvalue weighted by atomic mass is 16.6. The first-order chi connectivity index (χ1) is 10.1. The summed E-state index contributed by atoms with van der Waals surface area (Å²) in [6.07, 6.45) is 9.78. The van der Waals surface area contributed by atoms with E-state index in [0.717, 1.165) is 19.3 Å². The number of hydrogen-bond acceptors (Lipinski definition) is 3. The van der Waals surface area contributed by atoms with Crippen LogP contribution in [-0.2, 0) is 6.54 Å². The zero-order valence-electron chi connectivity index (χ0n) is 12.1. The Balaban J connectivity index is 2.26. The lowest BCUT2D eigenvalue weighted by Gasteiger charge is -2.20. The molecule has 0 unspecified atom stereocenters. The molecule has 1 aromatic rings. The van der Waals surface area contributed by atoms with Gasteiger partial charge in [-0.15, -0.1) is 6.42 Å². The van der Waals surface area contributed by atoms with Crippen LogP contribution in [0, 0.1) is 28.4 Å². The second kappa shape index (κ2) is 6.44. The normalized spacial score (nSPS) is 13.7. The minimum atomic E-state index is -0.477. The fraction of sp³-hybridized carbons (Fsp3) is 0.533. The van der Waals surface area contributed by atoms with Crippen molar-refractivity contribution in [2.75, 3.05) is 13.1 Å². The van der Waals surface area contributed by atoms with Crippen molar-refractivity contribution in [3.05, 3.63) is 28.1 Å². The Labute approximate surface area is 123 Å². The van der Waals surface area contributed by atoms with Crippen molar-refractivity contribution < 1.29 is 9.72 Å². The highest BCUT2D eigenvalue weighted by molar-refractivity contribution is 5.93. The molecule has 0 saturated heterocycles. The first kappa shape index (κ1) is 15.1. The van der Waals surface area contributed by atoms with Crippen LogP contribution in [0.25, 0.3) is 0 Å². The summed E-state index contributed by atoms with van der Waals surface area (Å²) in [6.45, 7) is 3.40. The molecule has 0 N–H and O–H groups in total. The molecule has 1 amide bonds. The van der Waals surface area contributed by atoms with Crippen LogP contribution in [0.1, 0.15) is 36.7 Å². The molecular weight excluding hydrogens is 270 g/mol. The third kappa shape index (κ3) is 3.63. The van der Waals surface area contributed by atoms with Gasteiger partial charge < -0.3 is 9.47 Å². The van der Waals surface area contributed by atoms with E-state index in [0.29, 0.717) is 24.7 Å². The van der Waals surface area contributed by atoms with Gasteiger partial charge in [-0.2, -0.15) is 0 Å². The van der Waals surface area contributed by atoms with Gasteiger partial charge in [-0.3, -0.25) is 14.9 Å². The van der Waals surface area contributed by atoms with E-state index in [1.807, 2.05) is 6.92 Å². The van der Waals surface area contributed by atoms with Gasteiger partial charge in [0.25, 0.3) is 11.6 Å². The highest BCUT2D eigenvalue weighted by Crippen LogP contribution is 2.30. The smallest absolute Gasteiger partial charge is 0.287 e. The summed E-state index contributed by atoms with van der Waals surface area (Å²) in [7, 11) is 0. The molecule has 0 bridgehead atoms. The first-order valence-corrected chi connectivity index (χ1v) is 7.14. The topological polar surface area (TPSA) is 68.4 Å². The molecule has 112 valence electrons. The van der Waals surface area contributed by atoms with Crippen molar-refractivity contribution in [2.45, 2.75) is 32.7 Å². The van der Waals surface area contributed by atoms with Gasteiger partial charge in [-0.1, -0.05) is 12.8 Å². The maximum absolute atomic E-state index is 12.6. The van der Waals surface area contributed by atoms with Gasteiger partial charge in [0.15, 0.2) is 0 Å². The number of carbonyl (C=O) groups is 1. The molecule has 1 aromatic heterocycles. The molecule has 0 radical (unpaired) electrons. The molecule has 1 aliphatic rings. The lowest BCUT2D eigenvalue weighted by molar-refractivity contribution is -0.384. The lowest BCUT2D eigenvalue weighted by atomic mass is 10.3. The Morgan fingerprint density at radius 3 is 2.86 bits per heavy atom. The van der Waals surface area contributed by atoms with Crippen molar-refractivity contribution in [3.63, 3.8) is 0 Å². The van der Waals surface area contributed by atoms with E-state index in [1.54, 1.807) is 9.47 Å². The lowest BCUT2D eigenvalue weighted by Crippen LogP contribution is -2.34. The van der Waals surface area contributed by atoms with Crippen LogP contribution in [0.2, 0.25) is 0 Å². The van der Waals surface area contributed by atoms with Crippen molar-refractivity contribution >= 4 is 11.6 Å². The second-order valence-electron chi connectivity index (χ2n) is 5.37. The number of rotatable bonds is 7. The van der Waals surface area contributed by atoms with Gasteiger partial charge >= 0.3 is 0 Å². The van der Waals surface area contributed by atoms with E-state index in [-0.39, 0.29) is 18.1 Å². The largest absolute Gasteiger partial charge is 0.337 e. The van der Waals surface area contributed by atoms with Crippen LogP contribution in [0.4, 0.5) is 5.69 Å². The predicted molar refractivity (Wildman–Crippen MR) is 78.8 cm³/mol. The number of amides is 1. The summed E-state index contributed by atoms with van der Waals surface area (Å²) < 4.78 is 1.65. The van der Waals surface area contributed by atoms with Crippen molar-refractivity contribution in [1.29, 1.82) is 0 Å². The number of nitrogens with zero attached hydrogens (tertiary/aromatic N) is 3. The Hall–Kier alpha value is -2.29. The summed E-state index contributed by atoms with van der Waals surface area (Å²) in [5.41, 5.74) is 0.290. The Bertz CT molecular complexity index is 581. The van der Waals surface area contributed by atoms with E-state index in [9.17, 15) is 14.9 Å². The van der Waals surface area contributed by atoms with E-state index < -0.39 is 4.92 Å². The maximum atomic E-state index is 12.6.